The van der Waals surface area contributed by atoms with Gasteiger partial charge in [-0.3, -0.25) is 0 Å². The van der Waals surface area contributed by atoms with E-state index >= 15 is 0 Å². The molecule has 1 fully saturated rings. The molecule has 0 amide bonds. The third kappa shape index (κ3) is 4.73. The fourth-order valence-electron chi connectivity index (χ4n) is 3.36. The first kappa shape index (κ1) is 16.9. The molecule has 1 rings (SSSR count). The lowest BCUT2D eigenvalue weighted by Gasteiger charge is -2.40. The van der Waals surface area contributed by atoms with Gasteiger partial charge >= 0.3 is 0 Å². The molecule has 1 heterocycles. The lowest BCUT2D eigenvalue weighted by Crippen LogP contribution is -2.52. The Kier molecular flexibility index (Phi) is 7.96. The molecule has 0 radical (unpaired) electrons. The van der Waals surface area contributed by atoms with E-state index in [1.165, 1.54) is 12.8 Å². The van der Waals surface area contributed by atoms with Gasteiger partial charge in [0.1, 0.15) is 0 Å². The quantitative estimate of drug-likeness (QED) is 0.659. The molecule has 0 bridgehead atoms. The van der Waals surface area contributed by atoms with E-state index in [0.29, 0.717) is 12.1 Å². The largest absolute Gasteiger partial charge is 0.378 e. The van der Waals surface area contributed by atoms with E-state index in [1.807, 2.05) is 0 Å². The summed E-state index contributed by atoms with van der Waals surface area (Å²) in [5.74, 6) is 0. The van der Waals surface area contributed by atoms with Crippen molar-refractivity contribution in [1.29, 1.82) is 0 Å². The molecule has 1 N–H and O–H groups in total. The van der Waals surface area contributed by atoms with Gasteiger partial charge in [-0.15, -0.1) is 0 Å². The summed E-state index contributed by atoms with van der Waals surface area (Å²) in [4.78, 5) is 0. The van der Waals surface area contributed by atoms with Crippen molar-refractivity contribution in [1.82, 2.24) is 5.32 Å². The first-order chi connectivity index (χ1) is 9.22. The van der Waals surface area contributed by atoms with Crippen LogP contribution in [-0.2, 0) is 9.47 Å². The van der Waals surface area contributed by atoms with Crippen molar-refractivity contribution >= 4 is 0 Å². The van der Waals surface area contributed by atoms with E-state index in [1.54, 1.807) is 0 Å². The van der Waals surface area contributed by atoms with E-state index in [0.717, 1.165) is 45.4 Å². The Morgan fingerprint density at radius 1 is 1.26 bits per heavy atom. The van der Waals surface area contributed by atoms with Crippen molar-refractivity contribution in [3.8, 4) is 0 Å². The van der Waals surface area contributed by atoms with Crippen molar-refractivity contribution < 1.29 is 9.47 Å². The van der Waals surface area contributed by atoms with Crippen LogP contribution in [-0.4, -0.2) is 37.5 Å². The number of hydrogen-bond donors (Lipinski definition) is 1. The molecule has 2 unspecified atom stereocenters. The van der Waals surface area contributed by atoms with Crippen LogP contribution in [0.1, 0.15) is 66.2 Å². The van der Waals surface area contributed by atoms with Gasteiger partial charge in [0.2, 0.25) is 0 Å². The Balaban J connectivity index is 2.60. The minimum atomic E-state index is -0.0106. The van der Waals surface area contributed by atoms with Gasteiger partial charge in [-0.05, 0) is 52.0 Å². The highest BCUT2D eigenvalue weighted by molar-refractivity contribution is 4.92. The smallest absolute Gasteiger partial charge is 0.0829 e. The van der Waals surface area contributed by atoms with Gasteiger partial charge in [-0.2, -0.15) is 0 Å². The zero-order valence-electron chi connectivity index (χ0n) is 13.3. The molecule has 0 spiro atoms. The lowest BCUT2D eigenvalue weighted by atomic mass is 9.84. The Labute approximate surface area is 119 Å². The van der Waals surface area contributed by atoms with Crippen LogP contribution in [0.3, 0.4) is 0 Å². The highest BCUT2D eigenvalue weighted by atomic mass is 16.5. The second-order valence-corrected chi connectivity index (χ2v) is 5.53. The number of rotatable bonds is 10. The average Bonchev–Trinajstić information content (AvgIpc) is 2.94. The minimum absolute atomic E-state index is 0.0106. The maximum atomic E-state index is 6.15. The molecule has 0 aromatic rings. The molecule has 0 aromatic carbocycles. The first-order valence-corrected chi connectivity index (χ1v) is 8.21. The van der Waals surface area contributed by atoms with Crippen molar-refractivity contribution in [3.63, 3.8) is 0 Å². The first-order valence-electron chi connectivity index (χ1n) is 8.21. The summed E-state index contributed by atoms with van der Waals surface area (Å²) >= 11 is 0. The molecule has 3 nitrogen and oxygen atoms in total. The van der Waals surface area contributed by atoms with Gasteiger partial charge in [0.25, 0.3) is 0 Å². The second kappa shape index (κ2) is 8.93. The molecule has 3 heteroatoms. The molecule has 1 saturated heterocycles. The van der Waals surface area contributed by atoms with Crippen molar-refractivity contribution in [2.75, 3.05) is 19.8 Å². The summed E-state index contributed by atoms with van der Waals surface area (Å²) in [5.41, 5.74) is -0.0106. The van der Waals surface area contributed by atoms with E-state index in [4.69, 9.17) is 9.47 Å². The molecule has 19 heavy (non-hydrogen) atoms. The fraction of sp³-hybridized carbons (Fsp3) is 1.00. The number of ether oxygens (including phenoxy) is 2. The van der Waals surface area contributed by atoms with Crippen LogP contribution in [0.5, 0.6) is 0 Å². The van der Waals surface area contributed by atoms with E-state index in [2.05, 4.69) is 33.0 Å². The Bertz CT molecular complexity index is 223. The normalized spacial score (nSPS) is 21.8. The molecule has 2 atom stereocenters. The molecule has 0 saturated carbocycles. The van der Waals surface area contributed by atoms with Gasteiger partial charge in [-0.25, -0.2) is 0 Å². The molecular weight excluding hydrogens is 238 g/mol. The number of hydrogen-bond acceptors (Lipinski definition) is 3. The minimum Gasteiger partial charge on any atom is -0.378 e. The second-order valence-electron chi connectivity index (χ2n) is 5.53. The molecule has 1 aliphatic rings. The summed E-state index contributed by atoms with van der Waals surface area (Å²) in [6, 6.07) is 0.441. The third-order valence-corrected chi connectivity index (χ3v) is 4.52. The summed E-state index contributed by atoms with van der Waals surface area (Å²) in [6.07, 6.45) is 7.40. The number of likely N-dealkylation sites (N-methyl/N-ethyl adjacent to an activating group) is 1. The summed E-state index contributed by atoms with van der Waals surface area (Å²) in [6.45, 7) is 11.5. The molecular formula is C16H33NO2. The van der Waals surface area contributed by atoms with Crippen LogP contribution in [0.25, 0.3) is 0 Å². The van der Waals surface area contributed by atoms with Gasteiger partial charge in [0, 0.05) is 19.3 Å². The third-order valence-electron chi connectivity index (χ3n) is 4.52. The van der Waals surface area contributed by atoms with Crippen LogP contribution >= 0.6 is 0 Å². The summed E-state index contributed by atoms with van der Waals surface area (Å²) in [5, 5.41) is 3.65. The monoisotopic (exact) mass is 271 g/mol. The highest BCUT2D eigenvalue weighted by Crippen LogP contribution is 2.29. The standard InChI is InChI=1S/C16H33NO2/c1-5-16(6-2,19-8-4)15(17-7-3)12-11-14-10-9-13-18-14/h14-15,17H,5-13H2,1-4H3. The zero-order valence-corrected chi connectivity index (χ0v) is 13.3. The predicted octanol–water partition coefficient (Wildman–Crippen LogP) is 3.52. The Morgan fingerprint density at radius 2 is 2.00 bits per heavy atom. The van der Waals surface area contributed by atoms with Crippen molar-refractivity contribution in [2.24, 2.45) is 0 Å². The van der Waals surface area contributed by atoms with E-state index in [-0.39, 0.29) is 5.60 Å². The predicted molar refractivity (Wildman–Crippen MR) is 80.6 cm³/mol. The van der Waals surface area contributed by atoms with Crippen LogP contribution in [0, 0.1) is 0 Å². The topological polar surface area (TPSA) is 30.5 Å². The molecule has 0 aliphatic carbocycles. The molecule has 1 aliphatic heterocycles. The Morgan fingerprint density at radius 3 is 2.47 bits per heavy atom. The maximum Gasteiger partial charge on any atom is 0.0829 e. The van der Waals surface area contributed by atoms with Crippen LogP contribution in [0.4, 0.5) is 0 Å². The van der Waals surface area contributed by atoms with Gasteiger partial charge in [-0.1, -0.05) is 20.8 Å². The van der Waals surface area contributed by atoms with Crippen molar-refractivity contribution in [3.05, 3.63) is 0 Å². The average molecular weight is 271 g/mol. The van der Waals surface area contributed by atoms with E-state index in [9.17, 15) is 0 Å². The summed E-state index contributed by atoms with van der Waals surface area (Å²) in [7, 11) is 0. The van der Waals surface area contributed by atoms with Crippen LogP contribution < -0.4 is 5.32 Å². The van der Waals surface area contributed by atoms with Gasteiger partial charge < -0.3 is 14.8 Å². The van der Waals surface area contributed by atoms with Crippen molar-refractivity contribution in [2.45, 2.75) is 84.0 Å². The maximum absolute atomic E-state index is 6.15. The van der Waals surface area contributed by atoms with Crippen LogP contribution in [0.2, 0.25) is 0 Å². The van der Waals surface area contributed by atoms with Crippen LogP contribution in [0.15, 0.2) is 0 Å². The van der Waals surface area contributed by atoms with E-state index < -0.39 is 0 Å². The SMILES string of the molecule is CCNC(CCC1CCCO1)C(CC)(CC)OCC. The highest BCUT2D eigenvalue weighted by Gasteiger charge is 2.36. The molecule has 0 aromatic heterocycles. The molecule has 114 valence electrons. The zero-order chi connectivity index (χ0) is 14.1. The van der Waals surface area contributed by atoms with Gasteiger partial charge in [0.15, 0.2) is 0 Å². The lowest BCUT2D eigenvalue weighted by molar-refractivity contribution is -0.0757. The Hall–Kier alpha value is -0.120. The summed E-state index contributed by atoms with van der Waals surface area (Å²) < 4.78 is 11.9. The van der Waals surface area contributed by atoms with Gasteiger partial charge in [0.05, 0.1) is 11.7 Å². The fourth-order valence-corrected chi connectivity index (χ4v) is 3.36. The number of nitrogens with one attached hydrogen (secondary N) is 1.